The maximum absolute atomic E-state index is 8.95. The van der Waals surface area contributed by atoms with Gasteiger partial charge in [-0.05, 0) is 25.5 Å². The Bertz CT molecular complexity index is 306. The minimum Gasteiger partial charge on any atom is -0.395 e. The standard InChI is InChI=1S/C12H19NO2/c1-10-3-4-12(11(2)9-10)13(5-7-14)6-8-15/h3-4,9,14-15H,5-8H2,1-2H3. The Kier molecular flexibility index (Phi) is 4.59. The van der Waals surface area contributed by atoms with Crippen LogP contribution in [0.4, 0.5) is 5.69 Å². The van der Waals surface area contributed by atoms with E-state index in [0.29, 0.717) is 13.1 Å². The van der Waals surface area contributed by atoms with E-state index in [1.54, 1.807) is 0 Å². The summed E-state index contributed by atoms with van der Waals surface area (Å²) in [6.45, 7) is 5.43. The summed E-state index contributed by atoms with van der Waals surface area (Å²) in [5.41, 5.74) is 3.49. The van der Waals surface area contributed by atoms with E-state index in [4.69, 9.17) is 10.2 Å². The van der Waals surface area contributed by atoms with Crippen molar-refractivity contribution >= 4 is 5.69 Å². The molecule has 3 heteroatoms. The van der Waals surface area contributed by atoms with Crippen molar-refractivity contribution in [1.29, 1.82) is 0 Å². The summed E-state index contributed by atoms with van der Waals surface area (Å²) in [6.07, 6.45) is 0. The Balaban J connectivity index is 2.89. The molecule has 0 aliphatic carbocycles. The highest BCUT2D eigenvalue weighted by atomic mass is 16.3. The predicted octanol–water partition coefficient (Wildman–Crippen LogP) is 1.09. The van der Waals surface area contributed by atoms with Gasteiger partial charge in [0.2, 0.25) is 0 Å². The van der Waals surface area contributed by atoms with E-state index < -0.39 is 0 Å². The van der Waals surface area contributed by atoms with Crippen LogP contribution in [0.3, 0.4) is 0 Å². The van der Waals surface area contributed by atoms with Gasteiger partial charge in [-0.25, -0.2) is 0 Å². The summed E-state index contributed by atoms with van der Waals surface area (Å²) in [6, 6.07) is 6.19. The summed E-state index contributed by atoms with van der Waals surface area (Å²) >= 11 is 0. The first kappa shape index (κ1) is 12.0. The van der Waals surface area contributed by atoms with Crippen molar-refractivity contribution in [1.82, 2.24) is 0 Å². The van der Waals surface area contributed by atoms with Gasteiger partial charge < -0.3 is 15.1 Å². The highest BCUT2D eigenvalue weighted by Gasteiger charge is 2.07. The van der Waals surface area contributed by atoms with Crippen LogP contribution in [0, 0.1) is 13.8 Å². The fourth-order valence-electron chi connectivity index (χ4n) is 1.75. The highest BCUT2D eigenvalue weighted by molar-refractivity contribution is 5.54. The quantitative estimate of drug-likeness (QED) is 0.763. The minimum atomic E-state index is 0.104. The molecule has 0 fully saturated rings. The molecule has 0 bridgehead atoms. The van der Waals surface area contributed by atoms with Crippen LogP contribution in [0.15, 0.2) is 18.2 Å². The second-order valence-corrected chi connectivity index (χ2v) is 3.72. The smallest absolute Gasteiger partial charge is 0.0606 e. The van der Waals surface area contributed by atoms with Gasteiger partial charge in [0.05, 0.1) is 13.2 Å². The Labute approximate surface area is 91.0 Å². The number of aliphatic hydroxyl groups is 2. The molecular formula is C12H19NO2. The molecule has 0 radical (unpaired) electrons. The lowest BCUT2D eigenvalue weighted by Gasteiger charge is -2.25. The molecule has 0 spiro atoms. The van der Waals surface area contributed by atoms with E-state index in [9.17, 15) is 0 Å². The van der Waals surface area contributed by atoms with E-state index in [1.165, 1.54) is 11.1 Å². The van der Waals surface area contributed by atoms with Crippen LogP contribution in [0.25, 0.3) is 0 Å². The number of benzene rings is 1. The highest BCUT2D eigenvalue weighted by Crippen LogP contribution is 2.20. The zero-order chi connectivity index (χ0) is 11.3. The molecule has 0 aliphatic heterocycles. The first-order valence-electron chi connectivity index (χ1n) is 5.23. The van der Waals surface area contributed by atoms with Gasteiger partial charge in [0.15, 0.2) is 0 Å². The van der Waals surface area contributed by atoms with E-state index in [-0.39, 0.29) is 13.2 Å². The summed E-state index contributed by atoms with van der Waals surface area (Å²) in [5, 5.41) is 17.9. The lowest BCUT2D eigenvalue weighted by molar-refractivity contribution is 0.281. The lowest BCUT2D eigenvalue weighted by Crippen LogP contribution is -2.30. The second kappa shape index (κ2) is 5.73. The van der Waals surface area contributed by atoms with Crippen LogP contribution in [-0.4, -0.2) is 36.5 Å². The molecule has 1 rings (SSSR count). The van der Waals surface area contributed by atoms with Gasteiger partial charge in [-0.3, -0.25) is 0 Å². The van der Waals surface area contributed by atoms with Crippen molar-refractivity contribution in [3.05, 3.63) is 29.3 Å². The van der Waals surface area contributed by atoms with Crippen LogP contribution in [0.5, 0.6) is 0 Å². The van der Waals surface area contributed by atoms with Gasteiger partial charge in [0.1, 0.15) is 0 Å². The number of rotatable bonds is 5. The molecule has 0 saturated carbocycles. The lowest BCUT2D eigenvalue weighted by atomic mass is 10.1. The van der Waals surface area contributed by atoms with Crippen LogP contribution in [-0.2, 0) is 0 Å². The molecule has 0 heterocycles. The predicted molar refractivity (Wildman–Crippen MR) is 62.3 cm³/mol. The molecule has 2 N–H and O–H groups in total. The third-order valence-electron chi connectivity index (χ3n) is 2.43. The number of aryl methyl sites for hydroxylation is 2. The summed E-state index contributed by atoms with van der Waals surface area (Å²) in [4.78, 5) is 1.99. The molecule has 0 unspecified atom stereocenters. The van der Waals surface area contributed by atoms with E-state index in [1.807, 2.05) is 24.0 Å². The number of anilines is 1. The van der Waals surface area contributed by atoms with E-state index >= 15 is 0 Å². The van der Waals surface area contributed by atoms with E-state index in [0.717, 1.165) is 5.69 Å². The van der Waals surface area contributed by atoms with Crippen molar-refractivity contribution in [3.8, 4) is 0 Å². The van der Waals surface area contributed by atoms with Gasteiger partial charge in [0.25, 0.3) is 0 Å². The number of aliphatic hydroxyl groups excluding tert-OH is 2. The number of hydrogen-bond donors (Lipinski definition) is 2. The fourth-order valence-corrected chi connectivity index (χ4v) is 1.75. The molecule has 0 aliphatic rings. The van der Waals surface area contributed by atoms with Gasteiger partial charge in [-0.15, -0.1) is 0 Å². The van der Waals surface area contributed by atoms with Crippen molar-refractivity contribution in [3.63, 3.8) is 0 Å². The third kappa shape index (κ3) is 3.22. The van der Waals surface area contributed by atoms with Crippen molar-refractivity contribution in [2.75, 3.05) is 31.2 Å². The fraction of sp³-hybridized carbons (Fsp3) is 0.500. The Morgan fingerprint density at radius 2 is 1.67 bits per heavy atom. The molecule has 0 atom stereocenters. The summed E-state index contributed by atoms with van der Waals surface area (Å²) < 4.78 is 0. The molecule has 1 aromatic rings. The molecule has 0 aromatic heterocycles. The summed E-state index contributed by atoms with van der Waals surface area (Å²) in [7, 11) is 0. The van der Waals surface area contributed by atoms with Crippen molar-refractivity contribution in [2.45, 2.75) is 13.8 Å². The first-order chi connectivity index (χ1) is 7.19. The van der Waals surface area contributed by atoms with Crippen LogP contribution in [0.1, 0.15) is 11.1 Å². The Morgan fingerprint density at radius 1 is 1.07 bits per heavy atom. The van der Waals surface area contributed by atoms with Gasteiger partial charge >= 0.3 is 0 Å². The van der Waals surface area contributed by atoms with Gasteiger partial charge in [-0.1, -0.05) is 17.7 Å². The Morgan fingerprint density at radius 3 is 2.13 bits per heavy atom. The maximum Gasteiger partial charge on any atom is 0.0606 e. The van der Waals surface area contributed by atoms with Crippen LogP contribution < -0.4 is 4.90 Å². The number of nitrogens with zero attached hydrogens (tertiary/aromatic N) is 1. The largest absolute Gasteiger partial charge is 0.395 e. The van der Waals surface area contributed by atoms with Gasteiger partial charge in [-0.2, -0.15) is 0 Å². The average Bonchev–Trinajstić information content (AvgIpc) is 2.17. The second-order valence-electron chi connectivity index (χ2n) is 3.72. The molecule has 3 nitrogen and oxygen atoms in total. The zero-order valence-electron chi connectivity index (χ0n) is 9.40. The molecule has 1 aromatic carbocycles. The first-order valence-corrected chi connectivity index (χ1v) is 5.23. The van der Waals surface area contributed by atoms with Crippen LogP contribution in [0.2, 0.25) is 0 Å². The average molecular weight is 209 g/mol. The molecule has 15 heavy (non-hydrogen) atoms. The number of hydrogen-bond acceptors (Lipinski definition) is 3. The summed E-state index contributed by atoms with van der Waals surface area (Å²) in [5.74, 6) is 0. The monoisotopic (exact) mass is 209 g/mol. The van der Waals surface area contributed by atoms with Gasteiger partial charge in [0, 0.05) is 18.8 Å². The third-order valence-corrected chi connectivity index (χ3v) is 2.43. The molecule has 0 amide bonds. The minimum absolute atomic E-state index is 0.104. The van der Waals surface area contributed by atoms with Crippen molar-refractivity contribution < 1.29 is 10.2 Å². The maximum atomic E-state index is 8.95. The van der Waals surface area contributed by atoms with Crippen LogP contribution >= 0.6 is 0 Å². The Hall–Kier alpha value is -1.06. The molecule has 84 valence electrons. The SMILES string of the molecule is Cc1ccc(N(CCO)CCO)c(C)c1. The molecule has 0 saturated heterocycles. The van der Waals surface area contributed by atoms with Crippen molar-refractivity contribution in [2.24, 2.45) is 0 Å². The topological polar surface area (TPSA) is 43.7 Å². The normalized spacial score (nSPS) is 10.4. The molecular weight excluding hydrogens is 190 g/mol. The zero-order valence-corrected chi connectivity index (χ0v) is 9.40. The van der Waals surface area contributed by atoms with E-state index in [2.05, 4.69) is 13.0 Å².